The number of nitro benzene ring substituents is 1. The Balaban J connectivity index is 1.44. The normalized spacial score (nSPS) is 16.3. The summed E-state index contributed by atoms with van der Waals surface area (Å²) in [5.41, 5.74) is 8.76. The third kappa shape index (κ3) is 8.39. The number of hydrogen-bond acceptors (Lipinski definition) is 7. The lowest BCUT2D eigenvalue weighted by Crippen LogP contribution is -2.49. The summed E-state index contributed by atoms with van der Waals surface area (Å²) in [5, 5.41) is 17.9. The number of rotatable bonds is 14. The highest BCUT2D eigenvalue weighted by atomic mass is 31.2. The van der Waals surface area contributed by atoms with Gasteiger partial charge in [-0.3, -0.25) is 19.5 Å². The van der Waals surface area contributed by atoms with Gasteiger partial charge in [0.15, 0.2) is 0 Å². The zero-order chi connectivity index (χ0) is 32.5. The van der Waals surface area contributed by atoms with Crippen molar-refractivity contribution in [1.29, 1.82) is 0 Å². The van der Waals surface area contributed by atoms with Crippen molar-refractivity contribution < 1.29 is 28.3 Å². The van der Waals surface area contributed by atoms with Crippen LogP contribution in [0.1, 0.15) is 48.8 Å². The summed E-state index contributed by atoms with van der Waals surface area (Å²) < 4.78 is 26.8. The SMILES string of the molecule is NC(=O)[C@@H](Cc1c[nH]c2ccccc12)NP(=O)(OCc1ccc([N+](=O)[O-])cc1)C(NC(=O)OCc1ccccc1)C1CCCCC1. The number of aromatic nitrogens is 1. The Labute approximate surface area is 266 Å². The summed E-state index contributed by atoms with van der Waals surface area (Å²) in [4.78, 5) is 39.9. The number of carbonyl (C=O) groups excluding carboxylic acids is 2. The van der Waals surface area contributed by atoms with Crippen LogP contribution in [0.4, 0.5) is 10.5 Å². The maximum atomic E-state index is 15.2. The van der Waals surface area contributed by atoms with Gasteiger partial charge >= 0.3 is 6.09 Å². The number of alkyl carbamates (subject to hydrolysis) is 1. The van der Waals surface area contributed by atoms with Gasteiger partial charge in [0.2, 0.25) is 5.91 Å². The van der Waals surface area contributed by atoms with Crippen molar-refractivity contribution in [3.63, 3.8) is 0 Å². The van der Waals surface area contributed by atoms with Crippen LogP contribution in [0.3, 0.4) is 0 Å². The van der Waals surface area contributed by atoms with E-state index in [4.69, 9.17) is 15.0 Å². The highest BCUT2D eigenvalue weighted by Gasteiger charge is 2.44. The number of ether oxygens (including phenoxy) is 1. The van der Waals surface area contributed by atoms with Crippen molar-refractivity contribution >= 4 is 36.1 Å². The van der Waals surface area contributed by atoms with Gasteiger partial charge in [-0.15, -0.1) is 0 Å². The van der Waals surface area contributed by atoms with Gasteiger partial charge in [0, 0.05) is 29.2 Å². The van der Waals surface area contributed by atoms with E-state index in [1.165, 1.54) is 24.3 Å². The second-order valence-electron chi connectivity index (χ2n) is 11.5. The van der Waals surface area contributed by atoms with Gasteiger partial charge in [-0.05, 0) is 60.1 Å². The zero-order valence-electron chi connectivity index (χ0n) is 25.3. The smallest absolute Gasteiger partial charge is 0.408 e. The molecule has 1 heterocycles. The Morgan fingerprint density at radius 3 is 2.33 bits per heavy atom. The van der Waals surface area contributed by atoms with E-state index in [9.17, 15) is 19.7 Å². The van der Waals surface area contributed by atoms with Crippen LogP contribution in [-0.4, -0.2) is 33.7 Å². The molecule has 46 heavy (non-hydrogen) atoms. The molecule has 0 radical (unpaired) electrons. The molecule has 4 aromatic rings. The molecule has 2 unspecified atom stereocenters. The molecule has 1 fully saturated rings. The van der Waals surface area contributed by atoms with E-state index < -0.39 is 36.3 Å². The second kappa shape index (κ2) is 15.2. The molecule has 0 aliphatic heterocycles. The average molecular weight is 648 g/mol. The first-order valence-electron chi connectivity index (χ1n) is 15.3. The molecule has 0 bridgehead atoms. The number of para-hydroxylation sites is 1. The van der Waals surface area contributed by atoms with Gasteiger partial charge < -0.3 is 25.3 Å². The molecule has 2 amide bonds. The lowest BCUT2D eigenvalue weighted by atomic mass is 9.89. The minimum atomic E-state index is -4.14. The van der Waals surface area contributed by atoms with Crippen LogP contribution in [0.15, 0.2) is 85.1 Å². The van der Waals surface area contributed by atoms with Crippen LogP contribution >= 0.6 is 7.52 Å². The maximum absolute atomic E-state index is 15.2. The van der Waals surface area contributed by atoms with Crippen molar-refractivity contribution in [1.82, 2.24) is 15.4 Å². The van der Waals surface area contributed by atoms with E-state index in [1.54, 1.807) is 6.20 Å². The third-order valence-electron chi connectivity index (χ3n) is 8.29. The predicted octanol–water partition coefficient (Wildman–Crippen LogP) is 6.30. The number of nitrogens with one attached hydrogen (secondary N) is 3. The van der Waals surface area contributed by atoms with Crippen LogP contribution in [0.25, 0.3) is 10.9 Å². The number of benzene rings is 3. The van der Waals surface area contributed by atoms with Crippen molar-refractivity contribution in [2.75, 3.05) is 0 Å². The number of hydrogen-bond donors (Lipinski definition) is 4. The first-order valence-corrected chi connectivity index (χ1v) is 17.0. The fourth-order valence-electron chi connectivity index (χ4n) is 5.85. The second-order valence-corrected chi connectivity index (χ2v) is 13.8. The fraction of sp³-hybridized carbons (Fsp3) is 0.333. The third-order valence-corrected chi connectivity index (χ3v) is 10.8. The Morgan fingerprint density at radius 1 is 0.957 bits per heavy atom. The molecule has 1 aromatic heterocycles. The fourth-order valence-corrected chi connectivity index (χ4v) is 8.36. The summed E-state index contributed by atoms with van der Waals surface area (Å²) >= 11 is 0. The topological polar surface area (TPSA) is 179 Å². The molecule has 242 valence electrons. The van der Waals surface area contributed by atoms with E-state index in [-0.39, 0.29) is 31.2 Å². The number of nitro groups is 1. The van der Waals surface area contributed by atoms with Crippen LogP contribution in [0, 0.1) is 16.0 Å². The summed E-state index contributed by atoms with van der Waals surface area (Å²) in [5.74, 6) is -2.02. The number of carbonyl (C=O) groups is 2. The Bertz CT molecular complexity index is 1690. The number of aromatic amines is 1. The number of H-pyrrole nitrogens is 1. The number of fused-ring (bicyclic) bond motifs is 1. The lowest BCUT2D eigenvalue weighted by Gasteiger charge is -2.37. The molecule has 13 heteroatoms. The number of primary amides is 1. The molecule has 0 saturated heterocycles. The average Bonchev–Trinajstić information content (AvgIpc) is 3.48. The highest BCUT2D eigenvalue weighted by Crippen LogP contribution is 2.53. The molecule has 1 saturated carbocycles. The first-order chi connectivity index (χ1) is 22.2. The Kier molecular flexibility index (Phi) is 10.8. The minimum Gasteiger partial charge on any atom is -0.445 e. The summed E-state index contributed by atoms with van der Waals surface area (Å²) in [6.45, 7) is -0.194. The van der Waals surface area contributed by atoms with Crippen LogP contribution in [-0.2, 0) is 38.3 Å². The molecule has 0 spiro atoms. The van der Waals surface area contributed by atoms with E-state index in [0.717, 1.165) is 41.3 Å². The maximum Gasteiger partial charge on any atom is 0.408 e. The number of nitrogens with two attached hydrogens (primary N) is 1. The summed E-state index contributed by atoms with van der Waals surface area (Å²) in [7, 11) is -4.14. The summed E-state index contributed by atoms with van der Waals surface area (Å²) in [6, 6.07) is 21.4. The van der Waals surface area contributed by atoms with E-state index >= 15 is 4.57 Å². The van der Waals surface area contributed by atoms with Crippen LogP contribution in [0.5, 0.6) is 0 Å². The van der Waals surface area contributed by atoms with Crippen molar-refractivity contribution in [2.24, 2.45) is 11.7 Å². The van der Waals surface area contributed by atoms with E-state index in [2.05, 4.69) is 15.4 Å². The molecule has 5 N–H and O–H groups in total. The summed E-state index contributed by atoms with van der Waals surface area (Å²) in [6.07, 6.45) is 5.24. The monoisotopic (exact) mass is 647 g/mol. The molecule has 1 aliphatic carbocycles. The van der Waals surface area contributed by atoms with Gasteiger partial charge in [-0.2, -0.15) is 0 Å². The van der Waals surface area contributed by atoms with Crippen LogP contribution < -0.4 is 16.1 Å². The molecule has 12 nitrogen and oxygen atoms in total. The molecule has 1 aliphatic rings. The van der Waals surface area contributed by atoms with Gasteiger partial charge in [-0.1, -0.05) is 67.8 Å². The highest BCUT2D eigenvalue weighted by molar-refractivity contribution is 7.57. The van der Waals surface area contributed by atoms with Crippen molar-refractivity contribution in [3.05, 3.63) is 112 Å². The van der Waals surface area contributed by atoms with Gasteiger partial charge in [0.05, 0.1) is 17.6 Å². The van der Waals surface area contributed by atoms with E-state index in [1.807, 2.05) is 54.6 Å². The van der Waals surface area contributed by atoms with Crippen LogP contribution in [0.2, 0.25) is 0 Å². The quantitative estimate of drug-likeness (QED) is 0.0699. The number of amides is 2. The van der Waals surface area contributed by atoms with Gasteiger partial charge in [0.25, 0.3) is 13.2 Å². The predicted molar refractivity (Wildman–Crippen MR) is 174 cm³/mol. The number of nitrogens with zero attached hydrogens (tertiary/aromatic N) is 1. The Morgan fingerprint density at radius 2 is 1.63 bits per heavy atom. The zero-order valence-corrected chi connectivity index (χ0v) is 26.2. The minimum absolute atomic E-state index is 0.00984. The molecular formula is C33H38N5O7P. The lowest BCUT2D eigenvalue weighted by molar-refractivity contribution is -0.384. The number of non-ortho nitro benzene ring substituents is 1. The molecule has 5 rings (SSSR count). The van der Waals surface area contributed by atoms with E-state index in [0.29, 0.717) is 18.4 Å². The van der Waals surface area contributed by atoms with Crippen molar-refractivity contribution in [3.8, 4) is 0 Å². The van der Waals surface area contributed by atoms with Crippen molar-refractivity contribution in [2.45, 2.75) is 63.6 Å². The van der Waals surface area contributed by atoms with Gasteiger partial charge in [0.1, 0.15) is 12.4 Å². The first kappa shape index (κ1) is 32.9. The largest absolute Gasteiger partial charge is 0.445 e. The van der Waals surface area contributed by atoms with Gasteiger partial charge in [-0.25, -0.2) is 9.88 Å². The standard InChI is InChI=1S/C33H38N5O7P/c34-31(39)30(19-26-20-35-29-14-8-7-13-28(26)29)37-46(43,45-22-24-15-17-27(18-16-24)38(41)42)32(25-11-5-2-6-12-25)36-33(40)44-21-23-9-3-1-4-10-23/h1,3-4,7-10,13-18,20,25,30,32,35H,2,5-6,11-12,19,21-22H2,(H2,34,39)(H,36,40)(H,37,43)/t30-,32?,46?/m1/s1. The Hall–Kier alpha value is -4.51. The molecular weight excluding hydrogens is 609 g/mol. The molecule has 3 atom stereocenters. The molecule has 3 aromatic carbocycles.